The Morgan fingerprint density at radius 2 is 1.91 bits per heavy atom. The third-order valence-electron chi connectivity index (χ3n) is 6.04. The molecule has 3 nitrogen and oxygen atoms in total. The van der Waals surface area contributed by atoms with Crippen molar-refractivity contribution < 1.29 is 4.39 Å². The van der Waals surface area contributed by atoms with Crippen molar-refractivity contribution in [3.8, 4) is 5.69 Å². The zero-order valence-corrected chi connectivity index (χ0v) is 20.4. The third-order valence-corrected chi connectivity index (χ3v) is 7.75. The topological polar surface area (TPSA) is 30.7 Å². The lowest BCUT2D eigenvalue weighted by Gasteiger charge is -2.25. The van der Waals surface area contributed by atoms with E-state index in [0.717, 1.165) is 52.1 Å². The molecule has 1 aliphatic rings. The number of aromatic nitrogens is 3. The number of benzene rings is 2. The molecule has 168 valence electrons. The van der Waals surface area contributed by atoms with Crippen molar-refractivity contribution in [2.75, 3.05) is 0 Å². The summed E-state index contributed by atoms with van der Waals surface area (Å²) in [5, 5.41) is 2.28. The first-order valence-electron chi connectivity index (χ1n) is 10.9. The molecule has 0 bridgehead atoms. The molecule has 33 heavy (non-hydrogen) atoms. The van der Waals surface area contributed by atoms with Gasteiger partial charge >= 0.3 is 0 Å². The van der Waals surface area contributed by atoms with Crippen molar-refractivity contribution in [2.45, 2.75) is 43.0 Å². The van der Waals surface area contributed by atoms with Gasteiger partial charge in [-0.25, -0.2) is 9.37 Å². The number of halogens is 3. The maximum Gasteiger partial charge on any atom is 0.173 e. The van der Waals surface area contributed by atoms with E-state index < -0.39 is 0 Å². The second-order valence-corrected chi connectivity index (χ2v) is 9.97. The standard InChI is InChI=1S/C26H22Cl2FN3S/c1-16-14-17(7-12-21(16)27)20-4-2-6-23-25(20)32(19-10-8-18(29)9-11-19)26(31-23)33-15-24-22(28)5-3-13-30-24/h3,5,7-14,20H,2,4,6,15H2,1H3. The van der Waals surface area contributed by atoms with Crippen molar-refractivity contribution in [1.82, 2.24) is 14.5 Å². The van der Waals surface area contributed by atoms with Crippen LogP contribution in [0.5, 0.6) is 0 Å². The van der Waals surface area contributed by atoms with E-state index >= 15 is 0 Å². The van der Waals surface area contributed by atoms with Crippen LogP contribution in [0.2, 0.25) is 10.0 Å². The van der Waals surface area contributed by atoms with Crippen molar-refractivity contribution in [2.24, 2.45) is 0 Å². The Morgan fingerprint density at radius 3 is 2.67 bits per heavy atom. The van der Waals surface area contributed by atoms with E-state index in [9.17, 15) is 4.39 Å². The predicted octanol–water partition coefficient (Wildman–Crippen LogP) is 7.78. The normalized spacial score (nSPS) is 15.5. The van der Waals surface area contributed by atoms with E-state index in [-0.39, 0.29) is 11.7 Å². The molecule has 0 amide bonds. The molecule has 0 fully saturated rings. The van der Waals surface area contributed by atoms with Gasteiger partial charge in [-0.3, -0.25) is 9.55 Å². The van der Waals surface area contributed by atoms with Gasteiger partial charge in [0.05, 0.1) is 22.1 Å². The molecular weight excluding hydrogens is 476 g/mol. The van der Waals surface area contributed by atoms with Crippen LogP contribution in [0.3, 0.4) is 0 Å². The molecule has 1 aliphatic carbocycles. The summed E-state index contributed by atoms with van der Waals surface area (Å²) in [4.78, 5) is 9.46. The van der Waals surface area contributed by atoms with Gasteiger partial charge in [0.1, 0.15) is 5.82 Å². The maximum absolute atomic E-state index is 13.7. The smallest absolute Gasteiger partial charge is 0.173 e. The highest BCUT2D eigenvalue weighted by atomic mass is 35.5. The van der Waals surface area contributed by atoms with Crippen molar-refractivity contribution >= 4 is 35.0 Å². The van der Waals surface area contributed by atoms with Gasteiger partial charge in [-0.2, -0.15) is 0 Å². The molecule has 0 spiro atoms. The van der Waals surface area contributed by atoms with Crippen molar-refractivity contribution in [3.05, 3.63) is 105 Å². The average molecular weight is 498 g/mol. The van der Waals surface area contributed by atoms with Crippen LogP contribution in [0.1, 0.15) is 47.0 Å². The molecule has 0 saturated carbocycles. The van der Waals surface area contributed by atoms with Gasteiger partial charge in [0.15, 0.2) is 5.16 Å². The number of hydrogen-bond acceptors (Lipinski definition) is 3. The number of fused-ring (bicyclic) bond motifs is 1. The number of imidazole rings is 1. The SMILES string of the molecule is Cc1cc(C2CCCc3nc(SCc4ncccc4Cl)n(-c4ccc(F)cc4)c32)ccc1Cl. The second kappa shape index (κ2) is 9.49. The summed E-state index contributed by atoms with van der Waals surface area (Å²) >= 11 is 14.2. The molecular formula is C26H22Cl2FN3S. The lowest BCUT2D eigenvalue weighted by atomic mass is 9.83. The Hall–Kier alpha value is -2.34. The minimum Gasteiger partial charge on any atom is -0.291 e. The van der Waals surface area contributed by atoms with Crippen LogP contribution in [-0.4, -0.2) is 14.5 Å². The quantitative estimate of drug-likeness (QED) is 0.263. The fourth-order valence-electron chi connectivity index (χ4n) is 4.41. The van der Waals surface area contributed by atoms with Crippen molar-refractivity contribution in [3.63, 3.8) is 0 Å². The van der Waals surface area contributed by atoms with Gasteiger partial charge < -0.3 is 0 Å². The Kier molecular flexibility index (Phi) is 6.46. The highest BCUT2D eigenvalue weighted by Gasteiger charge is 2.30. The average Bonchev–Trinajstić information content (AvgIpc) is 3.19. The van der Waals surface area contributed by atoms with Gasteiger partial charge in [-0.1, -0.05) is 47.1 Å². The molecule has 1 atom stereocenters. The molecule has 2 heterocycles. The van der Waals surface area contributed by atoms with Crippen LogP contribution in [0, 0.1) is 12.7 Å². The van der Waals surface area contributed by atoms with E-state index in [1.165, 1.54) is 23.4 Å². The first-order chi connectivity index (χ1) is 16.0. The number of thioether (sulfide) groups is 1. The summed E-state index contributed by atoms with van der Waals surface area (Å²) in [5.41, 5.74) is 6.28. The van der Waals surface area contributed by atoms with Crippen LogP contribution in [0.15, 0.2) is 66.0 Å². The van der Waals surface area contributed by atoms with Crippen LogP contribution in [0.4, 0.5) is 4.39 Å². The monoisotopic (exact) mass is 497 g/mol. The zero-order chi connectivity index (χ0) is 22.9. The fraction of sp³-hybridized carbons (Fsp3) is 0.231. The van der Waals surface area contributed by atoms with Gasteiger partial charge in [0.25, 0.3) is 0 Å². The summed E-state index contributed by atoms with van der Waals surface area (Å²) in [6.45, 7) is 2.03. The third kappa shape index (κ3) is 4.54. The summed E-state index contributed by atoms with van der Waals surface area (Å²) < 4.78 is 15.9. The lowest BCUT2D eigenvalue weighted by molar-refractivity contribution is 0.586. The zero-order valence-electron chi connectivity index (χ0n) is 18.1. The predicted molar refractivity (Wildman–Crippen MR) is 133 cm³/mol. The molecule has 1 unspecified atom stereocenters. The molecule has 7 heteroatoms. The molecule has 0 aliphatic heterocycles. The fourth-order valence-corrected chi connectivity index (χ4v) is 5.80. The van der Waals surface area contributed by atoms with E-state index in [4.69, 9.17) is 28.2 Å². The van der Waals surface area contributed by atoms with Gasteiger partial charge in [-0.15, -0.1) is 0 Å². The van der Waals surface area contributed by atoms with E-state index in [1.807, 2.05) is 37.3 Å². The van der Waals surface area contributed by atoms with E-state index in [2.05, 4.69) is 21.7 Å². The minimum atomic E-state index is -0.257. The van der Waals surface area contributed by atoms with E-state index in [1.54, 1.807) is 18.0 Å². The summed E-state index contributed by atoms with van der Waals surface area (Å²) in [5.74, 6) is 0.531. The number of pyridine rings is 1. The largest absolute Gasteiger partial charge is 0.291 e. The van der Waals surface area contributed by atoms with Gasteiger partial charge in [0.2, 0.25) is 0 Å². The molecule has 0 saturated heterocycles. The highest BCUT2D eigenvalue weighted by molar-refractivity contribution is 7.98. The molecule has 0 radical (unpaired) electrons. The van der Waals surface area contributed by atoms with Gasteiger partial charge in [0, 0.05) is 28.6 Å². The first kappa shape index (κ1) is 22.5. The Labute approximate surface area is 207 Å². The lowest BCUT2D eigenvalue weighted by Crippen LogP contribution is -2.15. The van der Waals surface area contributed by atoms with Crippen LogP contribution < -0.4 is 0 Å². The minimum absolute atomic E-state index is 0.190. The van der Waals surface area contributed by atoms with Crippen LogP contribution in [0.25, 0.3) is 5.69 Å². The molecule has 2 aromatic carbocycles. The number of nitrogens with zero attached hydrogens (tertiary/aromatic N) is 3. The molecule has 4 aromatic rings. The molecule has 5 rings (SSSR count). The maximum atomic E-state index is 13.7. The number of hydrogen-bond donors (Lipinski definition) is 0. The number of aryl methyl sites for hydroxylation is 2. The first-order valence-corrected chi connectivity index (χ1v) is 12.6. The number of rotatable bonds is 5. The van der Waals surface area contributed by atoms with E-state index in [0.29, 0.717) is 10.8 Å². The summed E-state index contributed by atoms with van der Waals surface area (Å²) in [6.07, 6.45) is 4.76. The second-order valence-electron chi connectivity index (χ2n) is 8.21. The Morgan fingerprint density at radius 1 is 1.09 bits per heavy atom. The van der Waals surface area contributed by atoms with Crippen LogP contribution in [-0.2, 0) is 12.2 Å². The summed E-state index contributed by atoms with van der Waals surface area (Å²) in [6, 6.07) is 16.5. The highest BCUT2D eigenvalue weighted by Crippen LogP contribution is 2.41. The Balaban J connectivity index is 1.61. The summed E-state index contributed by atoms with van der Waals surface area (Å²) in [7, 11) is 0. The Bertz CT molecular complexity index is 1300. The van der Waals surface area contributed by atoms with Gasteiger partial charge in [-0.05, 0) is 79.8 Å². The van der Waals surface area contributed by atoms with Crippen molar-refractivity contribution in [1.29, 1.82) is 0 Å². The molecule has 2 aromatic heterocycles. The van der Waals surface area contributed by atoms with Crippen LogP contribution >= 0.6 is 35.0 Å². The molecule has 0 N–H and O–H groups in total.